The summed E-state index contributed by atoms with van der Waals surface area (Å²) in [6.07, 6.45) is 0.324. The Bertz CT molecular complexity index is 493. The van der Waals surface area contributed by atoms with Gasteiger partial charge in [0.15, 0.2) is 5.82 Å². The van der Waals surface area contributed by atoms with Crippen LogP contribution in [0.4, 0.5) is 4.79 Å². The minimum Gasteiger partial charge on any atom is -0.481 e. The monoisotopic (exact) mass is 298 g/mol. The Balaban J connectivity index is 2.41. The molecule has 0 saturated carbocycles. The van der Waals surface area contributed by atoms with E-state index in [-0.39, 0.29) is 11.8 Å². The van der Waals surface area contributed by atoms with Gasteiger partial charge in [0.25, 0.3) is 0 Å². The van der Waals surface area contributed by atoms with Crippen LogP contribution in [0, 0.1) is 12.3 Å². The zero-order chi connectivity index (χ0) is 16.0. The second-order valence-corrected chi connectivity index (χ2v) is 5.90. The van der Waals surface area contributed by atoms with Gasteiger partial charge in [-0.15, -0.1) is 0 Å². The molecule has 8 nitrogen and oxygen atoms in total. The number of rotatable bonds is 6. The van der Waals surface area contributed by atoms with Crippen molar-refractivity contribution in [2.24, 2.45) is 5.41 Å². The van der Waals surface area contributed by atoms with Crippen LogP contribution in [0.1, 0.15) is 38.9 Å². The van der Waals surface area contributed by atoms with Gasteiger partial charge in [0.05, 0.1) is 6.42 Å². The van der Waals surface area contributed by atoms with Crippen molar-refractivity contribution in [3.05, 3.63) is 11.7 Å². The van der Waals surface area contributed by atoms with Crippen molar-refractivity contribution < 1.29 is 19.2 Å². The van der Waals surface area contributed by atoms with Crippen molar-refractivity contribution in [2.45, 2.75) is 46.6 Å². The summed E-state index contributed by atoms with van der Waals surface area (Å²) in [6.45, 7) is 7.67. The highest BCUT2D eigenvalue weighted by atomic mass is 16.5. The SMILES string of the molecule is Cc1nc(CCNC(=O)NC(CC(=O)O)C(C)(C)C)no1. The van der Waals surface area contributed by atoms with E-state index in [0.717, 1.165) is 0 Å². The fourth-order valence-corrected chi connectivity index (χ4v) is 1.69. The lowest BCUT2D eigenvalue weighted by molar-refractivity contribution is -0.138. The van der Waals surface area contributed by atoms with E-state index in [2.05, 4.69) is 20.8 Å². The van der Waals surface area contributed by atoms with Gasteiger partial charge in [-0.2, -0.15) is 4.98 Å². The van der Waals surface area contributed by atoms with Crippen LogP contribution in [0.5, 0.6) is 0 Å². The topological polar surface area (TPSA) is 117 Å². The molecule has 1 aromatic heterocycles. The molecule has 0 aliphatic carbocycles. The first-order valence-corrected chi connectivity index (χ1v) is 6.74. The first-order chi connectivity index (χ1) is 9.68. The van der Waals surface area contributed by atoms with E-state index < -0.39 is 18.0 Å². The van der Waals surface area contributed by atoms with Crippen LogP contribution in [0.25, 0.3) is 0 Å². The number of carboxylic acid groups (broad SMARTS) is 1. The maximum atomic E-state index is 11.8. The predicted octanol–water partition coefficient (Wildman–Crippen LogP) is 1.11. The minimum atomic E-state index is -0.947. The van der Waals surface area contributed by atoms with Crippen molar-refractivity contribution in [3.63, 3.8) is 0 Å². The highest BCUT2D eigenvalue weighted by molar-refractivity contribution is 5.75. The zero-order valence-corrected chi connectivity index (χ0v) is 12.8. The van der Waals surface area contributed by atoms with Gasteiger partial charge >= 0.3 is 12.0 Å². The Morgan fingerprint density at radius 2 is 2.05 bits per heavy atom. The molecular weight excluding hydrogens is 276 g/mol. The van der Waals surface area contributed by atoms with Crippen molar-refractivity contribution >= 4 is 12.0 Å². The summed E-state index contributed by atoms with van der Waals surface area (Å²) < 4.78 is 4.82. The molecule has 0 bridgehead atoms. The van der Waals surface area contributed by atoms with E-state index >= 15 is 0 Å². The minimum absolute atomic E-state index is 0.124. The van der Waals surface area contributed by atoms with Crippen molar-refractivity contribution in [1.29, 1.82) is 0 Å². The van der Waals surface area contributed by atoms with Gasteiger partial charge in [0.1, 0.15) is 0 Å². The molecule has 1 atom stereocenters. The molecule has 2 amide bonds. The number of aryl methyl sites for hydroxylation is 1. The van der Waals surface area contributed by atoms with E-state index in [0.29, 0.717) is 24.7 Å². The predicted molar refractivity (Wildman–Crippen MR) is 74.8 cm³/mol. The summed E-state index contributed by atoms with van der Waals surface area (Å²) in [5, 5.41) is 17.9. The van der Waals surface area contributed by atoms with Gasteiger partial charge in [-0.3, -0.25) is 4.79 Å². The highest BCUT2D eigenvalue weighted by Crippen LogP contribution is 2.21. The first-order valence-electron chi connectivity index (χ1n) is 6.74. The van der Waals surface area contributed by atoms with E-state index in [9.17, 15) is 9.59 Å². The molecule has 21 heavy (non-hydrogen) atoms. The maximum absolute atomic E-state index is 11.8. The van der Waals surface area contributed by atoms with Gasteiger partial charge in [0.2, 0.25) is 5.89 Å². The molecule has 1 aromatic rings. The third-order valence-electron chi connectivity index (χ3n) is 2.93. The molecule has 0 radical (unpaired) electrons. The number of carboxylic acids is 1. The molecule has 3 N–H and O–H groups in total. The normalized spacial score (nSPS) is 12.8. The quantitative estimate of drug-likeness (QED) is 0.724. The summed E-state index contributed by atoms with van der Waals surface area (Å²) in [6, 6.07) is -0.862. The summed E-state index contributed by atoms with van der Waals surface area (Å²) in [4.78, 5) is 26.7. The Hall–Kier alpha value is -2.12. The molecule has 118 valence electrons. The molecule has 0 saturated heterocycles. The second-order valence-electron chi connectivity index (χ2n) is 5.90. The molecule has 0 aromatic carbocycles. The summed E-state index contributed by atoms with van der Waals surface area (Å²) >= 11 is 0. The number of hydrogen-bond donors (Lipinski definition) is 3. The number of nitrogens with one attached hydrogen (secondary N) is 2. The van der Waals surface area contributed by atoms with E-state index in [1.807, 2.05) is 20.8 Å². The molecule has 0 aliphatic heterocycles. The Morgan fingerprint density at radius 3 is 2.52 bits per heavy atom. The molecular formula is C13H22N4O4. The van der Waals surface area contributed by atoms with E-state index in [1.54, 1.807) is 6.92 Å². The number of hydrogen-bond acceptors (Lipinski definition) is 5. The van der Waals surface area contributed by atoms with Crippen LogP contribution >= 0.6 is 0 Å². The highest BCUT2D eigenvalue weighted by Gasteiger charge is 2.28. The lowest BCUT2D eigenvalue weighted by Crippen LogP contribution is -2.49. The second kappa shape index (κ2) is 7.05. The summed E-state index contributed by atoms with van der Waals surface area (Å²) in [7, 11) is 0. The standard InChI is InChI=1S/C13H22N4O4/c1-8-15-10(17-21-8)5-6-14-12(20)16-9(7-11(18)19)13(2,3)4/h9H,5-7H2,1-4H3,(H,18,19)(H2,14,16,20). The van der Waals surface area contributed by atoms with Crippen molar-refractivity contribution in [1.82, 2.24) is 20.8 Å². The first kappa shape index (κ1) is 16.9. The van der Waals surface area contributed by atoms with Crippen LogP contribution in [0.2, 0.25) is 0 Å². The van der Waals surface area contributed by atoms with Crippen LogP contribution in [0.3, 0.4) is 0 Å². The number of aromatic nitrogens is 2. The number of nitrogens with zero attached hydrogens (tertiary/aromatic N) is 2. The van der Waals surface area contributed by atoms with Crippen molar-refractivity contribution in [2.75, 3.05) is 6.54 Å². The maximum Gasteiger partial charge on any atom is 0.315 e. The molecule has 1 unspecified atom stereocenters. The summed E-state index contributed by atoms with van der Waals surface area (Å²) in [5.41, 5.74) is -0.347. The lowest BCUT2D eigenvalue weighted by atomic mass is 9.85. The van der Waals surface area contributed by atoms with Gasteiger partial charge in [-0.1, -0.05) is 25.9 Å². The van der Waals surface area contributed by atoms with Gasteiger partial charge in [0, 0.05) is 25.9 Å². The number of carbonyl (C=O) groups excluding carboxylic acids is 1. The lowest BCUT2D eigenvalue weighted by Gasteiger charge is -2.30. The molecule has 1 heterocycles. The fraction of sp³-hybridized carbons (Fsp3) is 0.692. The number of amides is 2. The molecule has 0 aliphatic rings. The third kappa shape index (κ3) is 6.24. The van der Waals surface area contributed by atoms with Gasteiger partial charge < -0.3 is 20.3 Å². The molecule has 8 heteroatoms. The van der Waals surface area contributed by atoms with Gasteiger partial charge in [-0.05, 0) is 5.41 Å². The third-order valence-corrected chi connectivity index (χ3v) is 2.93. The van der Waals surface area contributed by atoms with E-state index in [1.165, 1.54) is 0 Å². The Labute approximate surface area is 123 Å². The molecule has 0 spiro atoms. The Morgan fingerprint density at radius 1 is 1.38 bits per heavy atom. The fourth-order valence-electron chi connectivity index (χ4n) is 1.69. The van der Waals surface area contributed by atoms with Gasteiger partial charge in [-0.25, -0.2) is 4.79 Å². The van der Waals surface area contributed by atoms with Crippen LogP contribution < -0.4 is 10.6 Å². The number of urea groups is 1. The largest absolute Gasteiger partial charge is 0.481 e. The number of carbonyl (C=O) groups is 2. The Kier molecular flexibility index (Phi) is 5.69. The smallest absolute Gasteiger partial charge is 0.315 e. The number of aliphatic carboxylic acids is 1. The van der Waals surface area contributed by atoms with E-state index in [4.69, 9.17) is 9.63 Å². The van der Waals surface area contributed by atoms with Crippen LogP contribution in [-0.4, -0.2) is 39.8 Å². The zero-order valence-electron chi connectivity index (χ0n) is 12.8. The summed E-state index contributed by atoms with van der Waals surface area (Å²) in [5.74, 6) is 0.0481. The molecule has 1 rings (SSSR count). The average Bonchev–Trinajstić information content (AvgIpc) is 2.72. The van der Waals surface area contributed by atoms with Crippen LogP contribution in [-0.2, 0) is 11.2 Å². The molecule has 0 fully saturated rings. The average molecular weight is 298 g/mol. The van der Waals surface area contributed by atoms with Crippen LogP contribution in [0.15, 0.2) is 4.52 Å². The van der Waals surface area contributed by atoms with Crippen molar-refractivity contribution in [3.8, 4) is 0 Å².